The predicted molar refractivity (Wildman–Crippen MR) is 68.4 cm³/mol. The van der Waals surface area contributed by atoms with Gasteiger partial charge in [-0.25, -0.2) is 0 Å². The van der Waals surface area contributed by atoms with Crippen molar-refractivity contribution in [3.63, 3.8) is 0 Å². The molecule has 3 heteroatoms. The van der Waals surface area contributed by atoms with Crippen molar-refractivity contribution in [3.8, 4) is 0 Å². The molecule has 16 heavy (non-hydrogen) atoms. The molecule has 2 unspecified atom stereocenters. The Hall–Kier alpha value is -0.670. The highest BCUT2D eigenvalue weighted by Gasteiger charge is 2.28. The third-order valence-corrected chi connectivity index (χ3v) is 3.76. The minimum absolute atomic E-state index is 0.198. The van der Waals surface area contributed by atoms with Crippen LogP contribution in [0, 0.1) is 5.92 Å². The second-order valence-corrected chi connectivity index (χ2v) is 5.32. The van der Waals surface area contributed by atoms with Gasteiger partial charge >= 0.3 is 0 Å². The number of benzene rings is 1. The first-order valence-corrected chi connectivity index (χ1v) is 6.46. The number of carbonyl (C=O) groups is 1. The number of nitrogens with one attached hydrogen (secondary N) is 1. The number of rotatable bonds is 3. The second kappa shape index (κ2) is 5.11. The molecule has 0 aromatic heterocycles. The summed E-state index contributed by atoms with van der Waals surface area (Å²) in [7, 11) is 0. The van der Waals surface area contributed by atoms with Crippen LogP contribution < -0.4 is 5.32 Å². The average molecular weight is 282 g/mol. The molecule has 0 radical (unpaired) electrons. The molecule has 0 amide bonds. The second-order valence-electron chi connectivity index (χ2n) is 4.41. The van der Waals surface area contributed by atoms with E-state index in [-0.39, 0.29) is 5.92 Å². The van der Waals surface area contributed by atoms with E-state index < -0.39 is 0 Å². The van der Waals surface area contributed by atoms with Gasteiger partial charge in [0.1, 0.15) is 5.78 Å². The molecule has 0 spiro atoms. The lowest BCUT2D eigenvalue weighted by atomic mass is 9.92. The SMILES string of the molecule is CC1NCCC1C(=O)Cc1ccc(Br)cc1. The summed E-state index contributed by atoms with van der Waals surface area (Å²) < 4.78 is 1.06. The molecule has 1 fully saturated rings. The van der Waals surface area contributed by atoms with E-state index in [2.05, 4.69) is 28.2 Å². The van der Waals surface area contributed by atoms with Crippen molar-refractivity contribution in [2.45, 2.75) is 25.8 Å². The molecule has 1 aromatic carbocycles. The van der Waals surface area contributed by atoms with Crippen LogP contribution in [0.4, 0.5) is 0 Å². The summed E-state index contributed by atoms with van der Waals surface area (Å²) in [6.07, 6.45) is 1.54. The Morgan fingerprint density at radius 2 is 2.12 bits per heavy atom. The Bertz CT molecular complexity index is 374. The zero-order valence-electron chi connectivity index (χ0n) is 9.37. The van der Waals surface area contributed by atoms with Gasteiger partial charge in [0.2, 0.25) is 0 Å². The van der Waals surface area contributed by atoms with Gasteiger partial charge in [-0.3, -0.25) is 4.79 Å². The quantitative estimate of drug-likeness (QED) is 0.923. The molecule has 2 nitrogen and oxygen atoms in total. The van der Waals surface area contributed by atoms with Crippen LogP contribution >= 0.6 is 15.9 Å². The zero-order chi connectivity index (χ0) is 11.5. The molecule has 86 valence electrons. The number of hydrogen-bond acceptors (Lipinski definition) is 2. The Morgan fingerprint density at radius 3 is 2.69 bits per heavy atom. The molecule has 1 saturated heterocycles. The Kier molecular flexibility index (Phi) is 3.77. The molecule has 0 bridgehead atoms. The Labute approximate surface area is 105 Å². The van der Waals surface area contributed by atoms with Crippen molar-refractivity contribution in [1.29, 1.82) is 0 Å². The number of carbonyl (C=O) groups excluding carboxylic acids is 1. The lowest BCUT2D eigenvalue weighted by molar-refractivity contribution is -0.122. The molecular formula is C13H16BrNO. The first kappa shape index (κ1) is 11.8. The molecule has 0 aliphatic carbocycles. The molecular weight excluding hydrogens is 266 g/mol. The summed E-state index contributed by atoms with van der Waals surface area (Å²) >= 11 is 3.39. The minimum atomic E-state index is 0.198. The lowest BCUT2D eigenvalue weighted by Gasteiger charge is -2.13. The normalized spacial score (nSPS) is 24.6. The van der Waals surface area contributed by atoms with Crippen molar-refractivity contribution in [1.82, 2.24) is 5.32 Å². The van der Waals surface area contributed by atoms with E-state index in [0.29, 0.717) is 18.2 Å². The summed E-state index contributed by atoms with van der Waals surface area (Å²) in [5, 5.41) is 3.32. The van der Waals surface area contributed by atoms with Gasteiger partial charge in [0.15, 0.2) is 0 Å². The van der Waals surface area contributed by atoms with Gasteiger partial charge < -0.3 is 5.32 Å². The number of hydrogen-bond donors (Lipinski definition) is 1. The van der Waals surface area contributed by atoms with Crippen molar-refractivity contribution in [2.75, 3.05) is 6.54 Å². The molecule has 1 aliphatic rings. The van der Waals surface area contributed by atoms with Crippen LogP contribution in [0.5, 0.6) is 0 Å². The summed E-state index contributed by atoms with van der Waals surface area (Å²) in [5.74, 6) is 0.559. The average Bonchev–Trinajstić information content (AvgIpc) is 2.68. The van der Waals surface area contributed by atoms with E-state index in [1.807, 2.05) is 24.3 Å². The van der Waals surface area contributed by atoms with E-state index in [1.54, 1.807) is 0 Å². The first-order valence-electron chi connectivity index (χ1n) is 5.67. The number of Topliss-reactive ketones (excluding diaryl/α,β-unsaturated/α-hetero) is 1. The monoisotopic (exact) mass is 281 g/mol. The Morgan fingerprint density at radius 1 is 1.44 bits per heavy atom. The number of halogens is 1. The van der Waals surface area contributed by atoms with Gasteiger partial charge in [-0.1, -0.05) is 28.1 Å². The largest absolute Gasteiger partial charge is 0.314 e. The maximum atomic E-state index is 12.1. The maximum absolute atomic E-state index is 12.1. The summed E-state index contributed by atoms with van der Waals surface area (Å²) in [4.78, 5) is 12.1. The molecule has 1 N–H and O–H groups in total. The first-order chi connectivity index (χ1) is 7.66. The third-order valence-electron chi connectivity index (χ3n) is 3.23. The van der Waals surface area contributed by atoms with Crippen LogP contribution in [0.25, 0.3) is 0 Å². The smallest absolute Gasteiger partial charge is 0.141 e. The van der Waals surface area contributed by atoms with Crippen LogP contribution in [0.15, 0.2) is 28.7 Å². The zero-order valence-corrected chi connectivity index (χ0v) is 11.0. The van der Waals surface area contributed by atoms with Crippen LogP contribution in [0.2, 0.25) is 0 Å². The highest BCUT2D eigenvalue weighted by Crippen LogP contribution is 2.19. The Balaban J connectivity index is 1.99. The lowest BCUT2D eigenvalue weighted by Crippen LogP contribution is -2.29. The van der Waals surface area contributed by atoms with Crippen molar-refractivity contribution in [3.05, 3.63) is 34.3 Å². The van der Waals surface area contributed by atoms with Gasteiger partial charge in [0.05, 0.1) is 0 Å². The summed E-state index contributed by atoms with van der Waals surface area (Å²) in [6, 6.07) is 8.32. The maximum Gasteiger partial charge on any atom is 0.141 e. The molecule has 2 atom stereocenters. The van der Waals surface area contributed by atoms with E-state index >= 15 is 0 Å². The van der Waals surface area contributed by atoms with Crippen LogP contribution in [-0.4, -0.2) is 18.4 Å². The van der Waals surface area contributed by atoms with E-state index in [4.69, 9.17) is 0 Å². The van der Waals surface area contributed by atoms with E-state index in [9.17, 15) is 4.79 Å². The van der Waals surface area contributed by atoms with Gasteiger partial charge in [-0.15, -0.1) is 0 Å². The van der Waals surface area contributed by atoms with Gasteiger partial charge in [-0.05, 0) is 37.6 Å². The van der Waals surface area contributed by atoms with Crippen molar-refractivity contribution >= 4 is 21.7 Å². The van der Waals surface area contributed by atoms with Crippen LogP contribution in [-0.2, 0) is 11.2 Å². The van der Waals surface area contributed by atoms with Gasteiger partial charge in [0, 0.05) is 22.9 Å². The third kappa shape index (κ3) is 2.71. The van der Waals surface area contributed by atoms with Gasteiger partial charge in [-0.2, -0.15) is 0 Å². The summed E-state index contributed by atoms with van der Waals surface area (Å²) in [5.41, 5.74) is 1.10. The fraction of sp³-hybridized carbons (Fsp3) is 0.462. The summed E-state index contributed by atoms with van der Waals surface area (Å²) in [6.45, 7) is 3.06. The molecule has 1 heterocycles. The number of ketones is 1. The highest BCUT2D eigenvalue weighted by atomic mass is 79.9. The van der Waals surface area contributed by atoms with Crippen LogP contribution in [0.1, 0.15) is 18.9 Å². The van der Waals surface area contributed by atoms with E-state index in [1.165, 1.54) is 0 Å². The molecule has 0 saturated carbocycles. The molecule has 1 aromatic rings. The standard InChI is InChI=1S/C13H16BrNO/c1-9-12(6-7-15-9)13(16)8-10-2-4-11(14)5-3-10/h2-5,9,12,15H,6-8H2,1H3. The van der Waals surface area contributed by atoms with Crippen LogP contribution in [0.3, 0.4) is 0 Å². The van der Waals surface area contributed by atoms with Crippen molar-refractivity contribution < 1.29 is 4.79 Å². The minimum Gasteiger partial charge on any atom is -0.314 e. The van der Waals surface area contributed by atoms with Gasteiger partial charge in [0.25, 0.3) is 0 Å². The molecule has 2 rings (SSSR count). The fourth-order valence-electron chi connectivity index (χ4n) is 2.23. The predicted octanol–water partition coefficient (Wildman–Crippen LogP) is 2.56. The van der Waals surface area contributed by atoms with Crippen molar-refractivity contribution in [2.24, 2.45) is 5.92 Å². The van der Waals surface area contributed by atoms with E-state index in [0.717, 1.165) is 23.0 Å². The topological polar surface area (TPSA) is 29.1 Å². The molecule has 1 aliphatic heterocycles. The fourth-order valence-corrected chi connectivity index (χ4v) is 2.50. The highest BCUT2D eigenvalue weighted by molar-refractivity contribution is 9.10.